The van der Waals surface area contributed by atoms with Crippen LogP contribution in [0.15, 0.2) is 0 Å². The summed E-state index contributed by atoms with van der Waals surface area (Å²) in [5.41, 5.74) is 0. The Balaban J connectivity index is 2.36. The Labute approximate surface area is 92.0 Å². The fourth-order valence-electron chi connectivity index (χ4n) is 2.14. The van der Waals surface area contributed by atoms with Crippen LogP contribution in [0, 0.1) is 5.92 Å². The molecular weight excluding hydrogens is 203 g/mol. The molecule has 1 saturated carbocycles. The van der Waals surface area contributed by atoms with Crippen molar-refractivity contribution in [2.75, 3.05) is 0 Å². The van der Waals surface area contributed by atoms with Crippen molar-refractivity contribution in [3.63, 3.8) is 0 Å². The van der Waals surface area contributed by atoms with Gasteiger partial charge in [0, 0.05) is 0 Å². The van der Waals surface area contributed by atoms with Crippen LogP contribution in [0.2, 0.25) is 0 Å². The van der Waals surface area contributed by atoms with E-state index in [9.17, 15) is 0 Å². The number of halogens is 2. The van der Waals surface area contributed by atoms with Crippen molar-refractivity contribution in [3.05, 3.63) is 0 Å². The van der Waals surface area contributed by atoms with Crippen LogP contribution in [-0.4, -0.2) is 4.33 Å². The van der Waals surface area contributed by atoms with Crippen LogP contribution in [-0.2, 0) is 0 Å². The summed E-state index contributed by atoms with van der Waals surface area (Å²) in [5.74, 6) is 0.552. The minimum atomic E-state index is -0.434. The molecule has 0 aromatic carbocycles. The molecule has 1 aliphatic carbocycles. The third-order valence-electron chi connectivity index (χ3n) is 3.07. The predicted octanol–water partition coefficient (Wildman–Crippen LogP) is 4.93. The number of hydrogen-bond donors (Lipinski definition) is 0. The molecule has 0 unspecified atom stereocenters. The summed E-state index contributed by atoms with van der Waals surface area (Å²) in [7, 11) is 0. The molecule has 0 heterocycles. The first-order valence-corrected chi connectivity index (χ1v) is 6.30. The molecule has 0 spiro atoms. The second-order valence-electron chi connectivity index (χ2n) is 4.20. The van der Waals surface area contributed by atoms with E-state index in [-0.39, 0.29) is 0 Å². The predicted molar refractivity (Wildman–Crippen MR) is 60.5 cm³/mol. The standard InChI is InChI=1S/C11H20Cl2/c1-2-3-9-11(12,13)10-7-5-4-6-8-10/h10H,2-9H2,1H3. The number of hydrogen-bond acceptors (Lipinski definition) is 0. The first kappa shape index (κ1) is 11.7. The monoisotopic (exact) mass is 222 g/mol. The van der Waals surface area contributed by atoms with Gasteiger partial charge in [0.25, 0.3) is 0 Å². The highest BCUT2D eigenvalue weighted by atomic mass is 35.5. The van der Waals surface area contributed by atoms with Gasteiger partial charge in [-0.1, -0.05) is 39.0 Å². The van der Waals surface area contributed by atoms with E-state index in [1.54, 1.807) is 0 Å². The van der Waals surface area contributed by atoms with Crippen molar-refractivity contribution >= 4 is 23.2 Å². The molecule has 13 heavy (non-hydrogen) atoms. The Morgan fingerprint density at radius 2 is 1.77 bits per heavy atom. The summed E-state index contributed by atoms with van der Waals surface area (Å²) >= 11 is 12.7. The topological polar surface area (TPSA) is 0 Å². The number of unbranched alkanes of at least 4 members (excludes halogenated alkanes) is 1. The second-order valence-corrected chi connectivity index (χ2v) is 5.74. The van der Waals surface area contributed by atoms with Gasteiger partial charge >= 0.3 is 0 Å². The van der Waals surface area contributed by atoms with E-state index in [1.807, 2.05) is 0 Å². The smallest absolute Gasteiger partial charge is 0.101 e. The van der Waals surface area contributed by atoms with E-state index in [1.165, 1.54) is 38.5 Å². The summed E-state index contributed by atoms with van der Waals surface area (Å²) < 4.78 is -0.434. The molecule has 0 radical (unpaired) electrons. The zero-order valence-corrected chi connectivity index (χ0v) is 10.0. The van der Waals surface area contributed by atoms with Crippen LogP contribution in [0.25, 0.3) is 0 Å². The third-order valence-corrected chi connectivity index (χ3v) is 4.06. The van der Waals surface area contributed by atoms with Crippen molar-refractivity contribution in [1.29, 1.82) is 0 Å². The average molecular weight is 223 g/mol. The van der Waals surface area contributed by atoms with Crippen LogP contribution < -0.4 is 0 Å². The Morgan fingerprint density at radius 1 is 1.15 bits per heavy atom. The minimum absolute atomic E-state index is 0.434. The van der Waals surface area contributed by atoms with E-state index >= 15 is 0 Å². The fourth-order valence-corrected chi connectivity index (χ4v) is 2.85. The maximum Gasteiger partial charge on any atom is 0.121 e. The molecule has 1 aliphatic rings. The molecule has 78 valence electrons. The Morgan fingerprint density at radius 3 is 2.31 bits per heavy atom. The van der Waals surface area contributed by atoms with Gasteiger partial charge in [-0.15, -0.1) is 23.2 Å². The molecule has 0 atom stereocenters. The lowest BCUT2D eigenvalue weighted by atomic mass is 9.85. The Hall–Kier alpha value is 0.580. The molecule has 0 saturated heterocycles. The lowest BCUT2D eigenvalue weighted by molar-refractivity contribution is 0.313. The molecule has 0 aromatic heterocycles. The molecule has 0 nitrogen and oxygen atoms in total. The van der Waals surface area contributed by atoms with E-state index in [4.69, 9.17) is 23.2 Å². The Bertz CT molecular complexity index is 137. The van der Waals surface area contributed by atoms with Gasteiger partial charge in [0.1, 0.15) is 4.33 Å². The lowest BCUT2D eigenvalue weighted by Gasteiger charge is -2.32. The van der Waals surface area contributed by atoms with Gasteiger partial charge in [0.2, 0.25) is 0 Å². The summed E-state index contributed by atoms with van der Waals surface area (Å²) in [5, 5.41) is 0. The zero-order valence-electron chi connectivity index (χ0n) is 8.49. The van der Waals surface area contributed by atoms with Crippen molar-refractivity contribution < 1.29 is 0 Å². The molecule has 1 rings (SSSR count). The van der Waals surface area contributed by atoms with E-state index in [2.05, 4.69) is 6.92 Å². The number of alkyl halides is 2. The van der Waals surface area contributed by atoms with E-state index in [0.29, 0.717) is 5.92 Å². The highest BCUT2D eigenvalue weighted by molar-refractivity contribution is 6.48. The molecule has 0 amide bonds. The van der Waals surface area contributed by atoms with Crippen LogP contribution in [0.1, 0.15) is 58.3 Å². The van der Waals surface area contributed by atoms with Gasteiger partial charge in [0.15, 0.2) is 0 Å². The van der Waals surface area contributed by atoms with Crippen molar-refractivity contribution in [2.45, 2.75) is 62.6 Å². The zero-order chi connectivity index (χ0) is 9.73. The van der Waals surface area contributed by atoms with Gasteiger partial charge in [-0.2, -0.15) is 0 Å². The third kappa shape index (κ3) is 3.67. The molecule has 2 heteroatoms. The quantitative estimate of drug-likeness (QED) is 0.592. The molecule has 0 bridgehead atoms. The van der Waals surface area contributed by atoms with Gasteiger partial charge in [-0.25, -0.2) is 0 Å². The highest BCUT2D eigenvalue weighted by Gasteiger charge is 2.34. The van der Waals surface area contributed by atoms with Gasteiger partial charge in [-0.3, -0.25) is 0 Å². The van der Waals surface area contributed by atoms with Crippen molar-refractivity contribution in [3.8, 4) is 0 Å². The van der Waals surface area contributed by atoms with Gasteiger partial charge in [-0.05, 0) is 25.2 Å². The average Bonchev–Trinajstić information content (AvgIpc) is 2.16. The fraction of sp³-hybridized carbons (Fsp3) is 1.00. The van der Waals surface area contributed by atoms with E-state index < -0.39 is 4.33 Å². The van der Waals surface area contributed by atoms with Crippen molar-refractivity contribution in [1.82, 2.24) is 0 Å². The molecular formula is C11H20Cl2. The van der Waals surface area contributed by atoms with E-state index in [0.717, 1.165) is 12.8 Å². The lowest BCUT2D eigenvalue weighted by Crippen LogP contribution is -2.27. The normalized spacial score (nSPS) is 20.5. The van der Waals surface area contributed by atoms with Crippen LogP contribution in [0.4, 0.5) is 0 Å². The van der Waals surface area contributed by atoms with Crippen LogP contribution >= 0.6 is 23.2 Å². The molecule has 0 N–H and O–H groups in total. The highest BCUT2D eigenvalue weighted by Crippen LogP contribution is 2.43. The summed E-state index contributed by atoms with van der Waals surface area (Å²) in [6.45, 7) is 2.19. The minimum Gasteiger partial charge on any atom is -0.101 e. The largest absolute Gasteiger partial charge is 0.121 e. The first-order valence-electron chi connectivity index (χ1n) is 5.54. The first-order chi connectivity index (χ1) is 6.17. The molecule has 0 aliphatic heterocycles. The maximum atomic E-state index is 6.36. The Kier molecular flexibility index (Phi) is 4.89. The summed E-state index contributed by atoms with van der Waals surface area (Å²) in [6, 6.07) is 0. The van der Waals surface area contributed by atoms with Gasteiger partial charge < -0.3 is 0 Å². The van der Waals surface area contributed by atoms with Crippen LogP contribution in [0.3, 0.4) is 0 Å². The second kappa shape index (κ2) is 5.46. The molecule has 1 fully saturated rings. The summed E-state index contributed by atoms with van der Waals surface area (Å²) in [4.78, 5) is 0. The maximum absolute atomic E-state index is 6.36. The van der Waals surface area contributed by atoms with Crippen LogP contribution in [0.5, 0.6) is 0 Å². The number of rotatable bonds is 4. The SMILES string of the molecule is CCCCC(Cl)(Cl)C1CCCCC1. The summed E-state index contributed by atoms with van der Waals surface area (Å²) in [6.07, 6.45) is 9.78. The molecule has 0 aromatic rings. The van der Waals surface area contributed by atoms with Crippen molar-refractivity contribution in [2.24, 2.45) is 5.92 Å². The van der Waals surface area contributed by atoms with Gasteiger partial charge in [0.05, 0.1) is 0 Å².